The number of nitrogens with one attached hydrogen (secondary N) is 1. The van der Waals surface area contributed by atoms with E-state index in [1.54, 1.807) is 29.2 Å². The van der Waals surface area contributed by atoms with Gasteiger partial charge < -0.3 is 9.47 Å². The highest BCUT2D eigenvalue weighted by Crippen LogP contribution is 2.27. The number of likely N-dealkylation sites (tertiary alicyclic amines) is 1. The van der Waals surface area contributed by atoms with Crippen LogP contribution in [0.5, 0.6) is 5.75 Å². The molecule has 1 N–H and O–H groups in total. The molecule has 1 unspecified atom stereocenters. The first-order chi connectivity index (χ1) is 14.7. The molecule has 0 saturated carbocycles. The molecule has 168 valence electrons. The predicted molar refractivity (Wildman–Crippen MR) is 113 cm³/mol. The maximum atomic E-state index is 13.5. The third kappa shape index (κ3) is 7.48. The fourth-order valence-electron chi connectivity index (χ4n) is 3.23. The van der Waals surface area contributed by atoms with Crippen LogP contribution in [0.15, 0.2) is 48.5 Å². The Morgan fingerprint density at radius 1 is 1.10 bits per heavy atom. The van der Waals surface area contributed by atoms with Gasteiger partial charge in [0.05, 0.1) is 0 Å². The average molecular weight is 477 g/mol. The number of ether oxygens (including phenoxy) is 2. The Bertz CT molecular complexity index is 864. The number of alkyl halides is 3. The largest absolute Gasteiger partial charge is 0.489 e. The Kier molecular flexibility index (Phi) is 7.91. The molecular weight excluding hydrogens is 456 g/mol. The summed E-state index contributed by atoms with van der Waals surface area (Å²) in [6.45, 7) is 0.268. The van der Waals surface area contributed by atoms with Gasteiger partial charge >= 0.3 is 12.3 Å². The third-order valence-electron chi connectivity index (χ3n) is 4.71. The van der Waals surface area contributed by atoms with E-state index in [9.17, 15) is 18.0 Å². The van der Waals surface area contributed by atoms with Crippen LogP contribution in [0.25, 0.3) is 0 Å². The lowest BCUT2D eigenvalue weighted by Gasteiger charge is -2.35. The first-order valence-corrected chi connectivity index (χ1v) is 10.4. The summed E-state index contributed by atoms with van der Waals surface area (Å²) in [6.07, 6.45) is -7.05. The van der Waals surface area contributed by atoms with Crippen molar-refractivity contribution in [1.82, 2.24) is 4.90 Å². The van der Waals surface area contributed by atoms with Crippen LogP contribution in [-0.2, 0) is 4.74 Å². The predicted octanol–water partition coefficient (Wildman–Crippen LogP) is 6.02. The van der Waals surface area contributed by atoms with Crippen molar-refractivity contribution in [1.29, 1.82) is 0 Å². The summed E-state index contributed by atoms with van der Waals surface area (Å²) in [6, 6.07) is 12.7. The molecule has 1 amide bonds. The number of piperidine rings is 1. The van der Waals surface area contributed by atoms with Gasteiger partial charge in [0.25, 0.3) is 0 Å². The zero-order valence-electron chi connectivity index (χ0n) is 16.4. The van der Waals surface area contributed by atoms with Crippen molar-refractivity contribution in [3.63, 3.8) is 0 Å². The molecule has 1 aliphatic rings. The summed E-state index contributed by atoms with van der Waals surface area (Å²) < 4.78 is 51.1. The summed E-state index contributed by atoms with van der Waals surface area (Å²) in [7, 11) is 0. The van der Waals surface area contributed by atoms with E-state index < -0.39 is 24.9 Å². The molecule has 1 aliphatic heterocycles. The minimum atomic E-state index is -4.71. The number of carbonyl (C=O) groups is 1. The molecule has 2 aromatic rings. The molecule has 0 bridgehead atoms. The smallest absolute Gasteiger partial charge is 0.426 e. The minimum Gasteiger partial charge on any atom is -0.489 e. The van der Waals surface area contributed by atoms with Crippen LogP contribution in [-0.4, -0.2) is 49.0 Å². The number of anilines is 1. The fourth-order valence-corrected chi connectivity index (χ4v) is 3.48. The fraction of sp³-hybridized carbons (Fsp3) is 0.381. The van der Waals surface area contributed by atoms with Gasteiger partial charge in [-0.2, -0.15) is 13.2 Å². The van der Waals surface area contributed by atoms with Crippen molar-refractivity contribution in [2.24, 2.45) is 0 Å². The molecule has 10 heteroatoms. The number of benzene rings is 2. The van der Waals surface area contributed by atoms with Gasteiger partial charge in [0.1, 0.15) is 11.9 Å². The Balaban J connectivity index is 1.57. The monoisotopic (exact) mass is 476 g/mol. The van der Waals surface area contributed by atoms with Gasteiger partial charge in [0, 0.05) is 28.8 Å². The maximum Gasteiger partial charge on any atom is 0.426 e. The molecule has 1 fully saturated rings. The quantitative estimate of drug-likeness (QED) is 0.553. The van der Waals surface area contributed by atoms with Crippen molar-refractivity contribution >= 4 is 35.0 Å². The molecule has 0 radical (unpaired) electrons. The molecule has 3 rings (SSSR count). The van der Waals surface area contributed by atoms with Crippen molar-refractivity contribution < 1.29 is 27.4 Å². The van der Waals surface area contributed by atoms with Gasteiger partial charge in [-0.25, -0.2) is 4.79 Å². The van der Waals surface area contributed by atoms with Crippen LogP contribution in [0, 0.1) is 0 Å². The van der Waals surface area contributed by atoms with Crippen molar-refractivity contribution in [3.8, 4) is 5.75 Å². The lowest BCUT2D eigenvalue weighted by Crippen LogP contribution is -2.49. The van der Waals surface area contributed by atoms with E-state index in [4.69, 9.17) is 32.7 Å². The van der Waals surface area contributed by atoms with Gasteiger partial charge in [-0.05, 0) is 67.9 Å². The van der Waals surface area contributed by atoms with E-state index in [-0.39, 0.29) is 18.3 Å². The number of hydrogen-bond acceptors (Lipinski definition) is 4. The van der Waals surface area contributed by atoms with E-state index in [0.717, 1.165) is 0 Å². The maximum absolute atomic E-state index is 13.5. The van der Waals surface area contributed by atoms with E-state index in [2.05, 4.69) is 5.32 Å². The molecule has 1 saturated heterocycles. The Morgan fingerprint density at radius 2 is 1.71 bits per heavy atom. The Labute approximate surface area is 188 Å². The van der Waals surface area contributed by atoms with E-state index in [1.165, 1.54) is 24.3 Å². The third-order valence-corrected chi connectivity index (χ3v) is 5.21. The molecule has 1 heterocycles. The number of carbonyl (C=O) groups excluding carboxylic acids is 1. The normalized spacial score (nSPS) is 18.3. The second-order valence-corrected chi connectivity index (χ2v) is 8.04. The second kappa shape index (κ2) is 10.4. The summed E-state index contributed by atoms with van der Waals surface area (Å²) in [5.74, 6) is 0.599. The summed E-state index contributed by atoms with van der Waals surface area (Å²) in [5.41, 5.74) is 0.282. The highest BCUT2D eigenvalue weighted by Gasteiger charge is 2.44. The highest BCUT2D eigenvalue weighted by molar-refractivity contribution is 6.30. The van der Waals surface area contributed by atoms with Crippen LogP contribution >= 0.6 is 23.2 Å². The van der Waals surface area contributed by atoms with Crippen LogP contribution in [0.4, 0.5) is 23.7 Å². The Morgan fingerprint density at radius 3 is 2.32 bits per heavy atom. The lowest BCUT2D eigenvalue weighted by atomic mass is 10.1. The van der Waals surface area contributed by atoms with Crippen molar-refractivity contribution in [2.75, 3.05) is 25.0 Å². The van der Waals surface area contributed by atoms with Gasteiger partial charge in [-0.3, -0.25) is 10.2 Å². The number of rotatable bonds is 6. The Hall–Kier alpha value is -2.16. The van der Waals surface area contributed by atoms with Crippen LogP contribution in [0.3, 0.4) is 0 Å². The van der Waals surface area contributed by atoms with E-state index in [1.807, 2.05) is 0 Å². The van der Waals surface area contributed by atoms with E-state index >= 15 is 0 Å². The highest BCUT2D eigenvalue weighted by atomic mass is 35.5. The molecule has 2 aromatic carbocycles. The number of hydrogen-bond donors (Lipinski definition) is 1. The number of nitrogens with zero attached hydrogens (tertiary/aromatic N) is 1. The zero-order valence-corrected chi connectivity index (χ0v) is 17.9. The first kappa shape index (κ1) is 23.5. The van der Waals surface area contributed by atoms with E-state index in [0.29, 0.717) is 35.2 Å². The first-order valence-electron chi connectivity index (χ1n) is 9.63. The second-order valence-electron chi connectivity index (χ2n) is 7.16. The number of amides is 1. The van der Waals surface area contributed by atoms with Gasteiger partial charge in [-0.1, -0.05) is 23.2 Å². The van der Waals surface area contributed by atoms with Gasteiger partial charge in [0.2, 0.25) is 6.10 Å². The standard InChI is InChI=1S/C21H21Cl2F3N2O3/c22-14-3-7-16(8-4-14)27-20(29)31-19(21(24,25)26)13-28-11-1-2-18(12-28)30-17-9-5-15(23)6-10-17/h3-10,18-19H,1-2,11-13H2,(H,27,29)/t18-,19?/m1/s1. The molecule has 5 nitrogen and oxygen atoms in total. The summed E-state index contributed by atoms with van der Waals surface area (Å²) >= 11 is 11.6. The molecule has 0 aliphatic carbocycles. The molecule has 0 spiro atoms. The summed E-state index contributed by atoms with van der Waals surface area (Å²) in [4.78, 5) is 13.6. The molecule has 2 atom stereocenters. The van der Waals surface area contributed by atoms with Crippen molar-refractivity contribution in [2.45, 2.75) is 31.2 Å². The van der Waals surface area contributed by atoms with Gasteiger partial charge in [-0.15, -0.1) is 0 Å². The lowest BCUT2D eigenvalue weighted by molar-refractivity contribution is -0.207. The van der Waals surface area contributed by atoms with Crippen LogP contribution < -0.4 is 10.1 Å². The number of halogens is 5. The SMILES string of the molecule is O=C(Nc1ccc(Cl)cc1)OC(CN1CCC[C@@H](Oc2ccc(Cl)cc2)C1)C(F)(F)F. The summed E-state index contributed by atoms with van der Waals surface area (Å²) in [5, 5.41) is 3.29. The minimum absolute atomic E-state index is 0.272. The van der Waals surface area contributed by atoms with Crippen LogP contribution in [0.1, 0.15) is 12.8 Å². The zero-order chi connectivity index (χ0) is 22.4. The molecule has 0 aromatic heterocycles. The van der Waals surface area contributed by atoms with Crippen LogP contribution in [0.2, 0.25) is 10.0 Å². The topological polar surface area (TPSA) is 50.8 Å². The molecular formula is C21H21Cl2F3N2O3. The van der Waals surface area contributed by atoms with Crippen molar-refractivity contribution in [3.05, 3.63) is 58.6 Å². The van der Waals surface area contributed by atoms with Gasteiger partial charge in [0.15, 0.2) is 0 Å². The average Bonchev–Trinajstić information content (AvgIpc) is 2.71. The molecule has 31 heavy (non-hydrogen) atoms.